The summed E-state index contributed by atoms with van der Waals surface area (Å²) in [7, 11) is 0. The lowest BCUT2D eigenvalue weighted by Gasteiger charge is -2.19. The predicted molar refractivity (Wildman–Crippen MR) is 84.7 cm³/mol. The van der Waals surface area contributed by atoms with Crippen molar-refractivity contribution >= 4 is 11.8 Å². The van der Waals surface area contributed by atoms with Crippen molar-refractivity contribution in [2.24, 2.45) is 0 Å². The Balaban J connectivity index is 2.11. The highest BCUT2D eigenvalue weighted by molar-refractivity contribution is 7.99. The molecular weight excluding hydrogens is 269 g/mol. The van der Waals surface area contributed by atoms with E-state index in [1.54, 1.807) is 17.8 Å². The van der Waals surface area contributed by atoms with Crippen LogP contribution in [0.3, 0.4) is 0 Å². The smallest absolute Gasteiger partial charge is 0.128 e. The number of hydrogen-bond acceptors (Lipinski definition) is 2. The van der Waals surface area contributed by atoms with E-state index in [1.165, 1.54) is 16.5 Å². The van der Waals surface area contributed by atoms with Gasteiger partial charge in [-0.2, -0.15) is 0 Å². The summed E-state index contributed by atoms with van der Waals surface area (Å²) in [4.78, 5) is 1.26. The number of rotatable bonds is 6. The van der Waals surface area contributed by atoms with E-state index in [9.17, 15) is 4.39 Å². The molecule has 2 aromatic rings. The highest BCUT2D eigenvalue weighted by Crippen LogP contribution is 2.28. The fourth-order valence-corrected chi connectivity index (χ4v) is 3.27. The van der Waals surface area contributed by atoms with Gasteiger partial charge in [0, 0.05) is 22.3 Å². The number of thioether (sulfide) groups is 1. The summed E-state index contributed by atoms with van der Waals surface area (Å²) < 4.78 is 13.9. The van der Waals surface area contributed by atoms with Gasteiger partial charge in [0.15, 0.2) is 0 Å². The van der Waals surface area contributed by atoms with Crippen LogP contribution < -0.4 is 5.32 Å². The third kappa shape index (κ3) is 3.84. The molecular formula is C17H20FNS. The molecule has 20 heavy (non-hydrogen) atoms. The summed E-state index contributed by atoms with van der Waals surface area (Å²) in [6.07, 6.45) is 0. The Hall–Kier alpha value is -1.32. The predicted octanol–water partition coefficient (Wildman–Crippen LogP) is 4.58. The van der Waals surface area contributed by atoms with E-state index in [2.05, 4.69) is 24.4 Å². The zero-order valence-corrected chi connectivity index (χ0v) is 12.7. The maximum absolute atomic E-state index is 13.9. The Labute approximate surface area is 124 Å². The molecule has 0 aliphatic carbocycles. The average Bonchev–Trinajstić information content (AvgIpc) is 2.46. The van der Waals surface area contributed by atoms with Gasteiger partial charge in [-0.1, -0.05) is 43.3 Å². The van der Waals surface area contributed by atoms with Crippen molar-refractivity contribution < 1.29 is 4.39 Å². The lowest BCUT2D eigenvalue weighted by atomic mass is 10.1. The van der Waals surface area contributed by atoms with Crippen LogP contribution >= 0.6 is 11.8 Å². The first-order chi connectivity index (χ1) is 9.72. The van der Waals surface area contributed by atoms with E-state index in [1.807, 2.05) is 31.2 Å². The van der Waals surface area contributed by atoms with E-state index in [0.717, 1.165) is 17.9 Å². The normalized spacial score (nSPS) is 12.3. The Morgan fingerprint density at radius 3 is 2.50 bits per heavy atom. The van der Waals surface area contributed by atoms with Gasteiger partial charge in [-0.25, -0.2) is 4.39 Å². The first-order valence-electron chi connectivity index (χ1n) is 6.88. The van der Waals surface area contributed by atoms with Crippen LogP contribution in [0.4, 0.5) is 4.39 Å². The first kappa shape index (κ1) is 15.1. The summed E-state index contributed by atoms with van der Waals surface area (Å²) in [6.45, 7) is 4.98. The molecule has 0 saturated heterocycles. The van der Waals surface area contributed by atoms with Crippen molar-refractivity contribution in [3.8, 4) is 0 Å². The van der Waals surface area contributed by atoms with Crippen molar-refractivity contribution in [3.05, 3.63) is 65.5 Å². The highest BCUT2D eigenvalue weighted by atomic mass is 32.2. The summed E-state index contributed by atoms with van der Waals surface area (Å²) in [6, 6.07) is 15.3. The third-order valence-corrected chi connectivity index (χ3v) is 4.50. The van der Waals surface area contributed by atoms with Crippen LogP contribution in [0.25, 0.3) is 0 Å². The summed E-state index contributed by atoms with van der Waals surface area (Å²) >= 11 is 1.77. The van der Waals surface area contributed by atoms with E-state index in [4.69, 9.17) is 0 Å². The molecule has 0 spiro atoms. The van der Waals surface area contributed by atoms with E-state index < -0.39 is 0 Å². The molecule has 0 bridgehead atoms. The maximum atomic E-state index is 13.9. The molecule has 1 unspecified atom stereocenters. The molecule has 0 aliphatic rings. The second-order valence-electron chi connectivity index (χ2n) is 4.71. The van der Waals surface area contributed by atoms with Crippen molar-refractivity contribution in [2.75, 3.05) is 12.3 Å². The molecule has 2 rings (SSSR count). The van der Waals surface area contributed by atoms with Gasteiger partial charge in [-0.3, -0.25) is 0 Å². The molecule has 0 aromatic heterocycles. The standard InChI is InChI=1S/C17H20FNS/c1-3-19-16(14-9-5-6-10-15(14)18)12-20-17-11-7-4-8-13(17)2/h4-11,16,19H,3,12H2,1-2H3. The van der Waals surface area contributed by atoms with Gasteiger partial charge in [0.05, 0.1) is 0 Å². The number of aryl methyl sites for hydroxylation is 1. The number of benzene rings is 2. The maximum Gasteiger partial charge on any atom is 0.128 e. The molecule has 0 fully saturated rings. The number of halogens is 1. The topological polar surface area (TPSA) is 12.0 Å². The Kier molecular flexibility index (Phi) is 5.62. The zero-order valence-electron chi connectivity index (χ0n) is 11.9. The van der Waals surface area contributed by atoms with E-state index in [0.29, 0.717) is 0 Å². The van der Waals surface area contributed by atoms with Gasteiger partial charge >= 0.3 is 0 Å². The van der Waals surface area contributed by atoms with E-state index in [-0.39, 0.29) is 11.9 Å². The second-order valence-corrected chi connectivity index (χ2v) is 5.77. The summed E-state index contributed by atoms with van der Waals surface area (Å²) in [5, 5.41) is 3.37. The fraction of sp³-hybridized carbons (Fsp3) is 0.294. The minimum absolute atomic E-state index is 0.0332. The fourth-order valence-electron chi connectivity index (χ4n) is 2.15. The van der Waals surface area contributed by atoms with Crippen LogP contribution in [-0.4, -0.2) is 12.3 Å². The zero-order chi connectivity index (χ0) is 14.4. The SMILES string of the molecule is CCNC(CSc1ccccc1C)c1ccccc1F. The second kappa shape index (κ2) is 7.46. The van der Waals surface area contributed by atoms with Gasteiger partial charge in [-0.05, 0) is 31.2 Å². The highest BCUT2D eigenvalue weighted by Gasteiger charge is 2.15. The third-order valence-electron chi connectivity index (χ3n) is 3.23. The monoisotopic (exact) mass is 289 g/mol. The van der Waals surface area contributed by atoms with Crippen molar-refractivity contribution in [3.63, 3.8) is 0 Å². The van der Waals surface area contributed by atoms with E-state index >= 15 is 0 Å². The van der Waals surface area contributed by atoms with Gasteiger partial charge in [0.25, 0.3) is 0 Å². The molecule has 0 amide bonds. The minimum atomic E-state index is -0.135. The molecule has 106 valence electrons. The van der Waals surface area contributed by atoms with Gasteiger partial charge in [0.2, 0.25) is 0 Å². The molecule has 0 saturated carbocycles. The molecule has 0 aliphatic heterocycles. The molecule has 1 nitrogen and oxygen atoms in total. The molecule has 1 atom stereocenters. The van der Waals surface area contributed by atoms with Crippen LogP contribution in [-0.2, 0) is 0 Å². The lowest BCUT2D eigenvalue weighted by molar-refractivity contribution is 0.545. The first-order valence-corrected chi connectivity index (χ1v) is 7.87. The number of nitrogens with one attached hydrogen (secondary N) is 1. The largest absolute Gasteiger partial charge is 0.309 e. The summed E-state index contributed by atoms with van der Waals surface area (Å²) in [5.74, 6) is 0.684. The Morgan fingerprint density at radius 2 is 1.80 bits per heavy atom. The Bertz CT molecular complexity index is 556. The van der Waals surface area contributed by atoms with Crippen LogP contribution in [0.5, 0.6) is 0 Å². The number of hydrogen-bond donors (Lipinski definition) is 1. The van der Waals surface area contributed by atoms with Crippen LogP contribution in [0.1, 0.15) is 24.1 Å². The molecule has 2 aromatic carbocycles. The van der Waals surface area contributed by atoms with Crippen LogP contribution in [0.15, 0.2) is 53.4 Å². The molecule has 3 heteroatoms. The van der Waals surface area contributed by atoms with Gasteiger partial charge in [-0.15, -0.1) is 11.8 Å². The van der Waals surface area contributed by atoms with Crippen molar-refractivity contribution in [2.45, 2.75) is 24.8 Å². The Morgan fingerprint density at radius 1 is 1.10 bits per heavy atom. The van der Waals surface area contributed by atoms with Crippen molar-refractivity contribution in [1.29, 1.82) is 0 Å². The van der Waals surface area contributed by atoms with Gasteiger partial charge in [0.1, 0.15) is 5.82 Å². The average molecular weight is 289 g/mol. The summed E-state index contributed by atoms with van der Waals surface area (Å²) in [5.41, 5.74) is 2.01. The van der Waals surface area contributed by atoms with Gasteiger partial charge < -0.3 is 5.32 Å². The molecule has 0 radical (unpaired) electrons. The van der Waals surface area contributed by atoms with Crippen LogP contribution in [0.2, 0.25) is 0 Å². The molecule has 0 heterocycles. The quantitative estimate of drug-likeness (QED) is 0.781. The van der Waals surface area contributed by atoms with Crippen LogP contribution in [0, 0.1) is 12.7 Å². The minimum Gasteiger partial charge on any atom is -0.309 e. The lowest BCUT2D eigenvalue weighted by Crippen LogP contribution is -2.23. The molecule has 1 N–H and O–H groups in total. The van der Waals surface area contributed by atoms with Crippen molar-refractivity contribution in [1.82, 2.24) is 5.32 Å².